The van der Waals surface area contributed by atoms with E-state index in [1.807, 2.05) is 0 Å². The van der Waals surface area contributed by atoms with E-state index in [4.69, 9.17) is 0 Å². The maximum Gasteiger partial charge on any atom is -0.00640 e. The molecule has 0 saturated heterocycles. The third kappa shape index (κ3) is 3.24. The van der Waals surface area contributed by atoms with Crippen LogP contribution in [-0.4, -0.2) is 0 Å². The van der Waals surface area contributed by atoms with Crippen LogP contribution in [0.2, 0.25) is 0 Å². The van der Waals surface area contributed by atoms with Gasteiger partial charge in [-0.1, -0.05) is 97.1 Å². The van der Waals surface area contributed by atoms with Gasteiger partial charge in [0.15, 0.2) is 0 Å². The van der Waals surface area contributed by atoms with E-state index in [2.05, 4.69) is 125 Å². The van der Waals surface area contributed by atoms with Crippen molar-refractivity contribution in [1.82, 2.24) is 0 Å². The molecule has 0 atom stereocenters. The Morgan fingerprint density at radius 2 is 0.875 bits per heavy atom. The van der Waals surface area contributed by atoms with Gasteiger partial charge in [0.05, 0.1) is 0 Å². The van der Waals surface area contributed by atoms with E-state index in [1.54, 1.807) is 0 Å². The van der Waals surface area contributed by atoms with Gasteiger partial charge >= 0.3 is 0 Å². The highest BCUT2D eigenvalue weighted by Gasteiger charge is 2.21. The fourth-order valence-electron chi connectivity index (χ4n) is 4.99. The summed E-state index contributed by atoms with van der Waals surface area (Å²) in [5.74, 6) is 0. The summed E-state index contributed by atoms with van der Waals surface area (Å²) in [6, 6.07) is 35.0. The van der Waals surface area contributed by atoms with Gasteiger partial charge in [0, 0.05) is 0 Å². The summed E-state index contributed by atoms with van der Waals surface area (Å²) in [5.41, 5.74) is 13.3. The lowest BCUT2D eigenvalue weighted by atomic mass is 9.80. The molecule has 0 bridgehead atoms. The largest absolute Gasteiger partial charge is 0.0622 e. The van der Waals surface area contributed by atoms with Crippen LogP contribution in [0.3, 0.4) is 0 Å². The Morgan fingerprint density at radius 1 is 0.375 bits per heavy atom. The average Bonchev–Trinajstić information content (AvgIpc) is 2.83. The second kappa shape index (κ2) is 8.13. The van der Waals surface area contributed by atoms with Gasteiger partial charge in [0.25, 0.3) is 0 Å². The highest BCUT2D eigenvalue weighted by Crippen LogP contribution is 2.45. The minimum Gasteiger partial charge on any atom is -0.0622 e. The smallest absolute Gasteiger partial charge is 0.00640 e. The summed E-state index contributed by atoms with van der Waals surface area (Å²) in [6.45, 7) is 9.06. The van der Waals surface area contributed by atoms with Crippen LogP contribution in [-0.2, 0) is 0 Å². The second-order valence-corrected chi connectivity index (χ2v) is 8.71. The van der Waals surface area contributed by atoms with Gasteiger partial charge in [-0.15, -0.1) is 0 Å². The zero-order chi connectivity index (χ0) is 22.2. The molecule has 0 aromatic heterocycles. The zero-order valence-electron chi connectivity index (χ0n) is 19.2. The third-order valence-electron chi connectivity index (χ3n) is 6.91. The zero-order valence-corrected chi connectivity index (χ0v) is 19.2. The highest BCUT2D eigenvalue weighted by molar-refractivity contribution is 6.10. The van der Waals surface area contributed by atoms with Crippen LogP contribution in [0.15, 0.2) is 97.1 Å². The first-order valence-corrected chi connectivity index (χ1v) is 11.3. The lowest BCUT2D eigenvalue weighted by molar-refractivity contribution is 1.31. The van der Waals surface area contributed by atoms with Crippen LogP contribution in [0.5, 0.6) is 0 Å². The number of benzene rings is 5. The molecule has 0 amide bonds. The molecule has 0 aliphatic heterocycles. The number of hydrogen-bond acceptors (Lipinski definition) is 0. The molecule has 0 aliphatic rings. The van der Waals surface area contributed by atoms with Crippen molar-refractivity contribution in [3.63, 3.8) is 0 Å². The van der Waals surface area contributed by atoms with E-state index in [9.17, 15) is 0 Å². The van der Waals surface area contributed by atoms with Crippen molar-refractivity contribution in [2.45, 2.75) is 27.7 Å². The van der Waals surface area contributed by atoms with Crippen molar-refractivity contribution in [3.05, 3.63) is 119 Å². The van der Waals surface area contributed by atoms with E-state index < -0.39 is 0 Å². The van der Waals surface area contributed by atoms with Crippen molar-refractivity contribution in [2.24, 2.45) is 0 Å². The van der Waals surface area contributed by atoms with Gasteiger partial charge in [0.2, 0.25) is 0 Å². The van der Waals surface area contributed by atoms with Gasteiger partial charge in [-0.25, -0.2) is 0 Å². The molecule has 32 heavy (non-hydrogen) atoms. The third-order valence-corrected chi connectivity index (χ3v) is 6.91. The summed E-state index contributed by atoms with van der Waals surface area (Å²) >= 11 is 0. The monoisotopic (exact) mass is 412 g/mol. The molecule has 0 N–H and O–H groups in total. The topological polar surface area (TPSA) is 0 Å². The molecule has 0 radical (unpaired) electrons. The van der Waals surface area contributed by atoms with Gasteiger partial charge < -0.3 is 0 Å². The summed E-state index contributed by atoms with van der Waals surface area (Å²) in [7, 11) is 0. The Morgan fingerprint density at radius 3 is 1.50 bits per heavy atom. The molecule has 0 unspecified atom stereocenters. The van der Waals surface area contributed by atoms with E-state index in [0.29, 0.717) is 0 Å². The molecule has 5 rings (SSSR count). The van der Waals surface area contributed by atoms with Crippen LogP contribution in [0.1, 0.15) is 22.3 Å². The normalized spacial score (nSPS) is 11.1. The first kappa shape index (κ1) is 20.3. The van der Waals surface area contributed by atoms with Crippen LogP contribution in [0, 0.1) is 27.7 Å². The van der Waals surface area contributed by atoms with Gasteiger partial charge in [-0.05, 0) is 94.1 Å². The molecule has 5 aromatic rings. The molecule has 0 aliphatic carbocycles. The van der Waals surface area contributed by atoms with Crippen LogP contribution in [0.4, 0.5) is 0 Å². The first-order chi connectivity index (χ1) is 15.6. The molecule has 5 aromatic carbocycles. The van der Waals surface area contributed by atoms with Crippen LogP contribution < -0.4 is 0 Å². The lowest BCUT2D eigenvalue weighted by Crippen LogP contribution is -1.99. The van der Waals surface area contributed by atoms with Gasteiger partial charge in [-0.3, -0.25) is 0 Å². The summed E-state index contributed by atoms with van der Waals surface area (Å²) < 4.78 is 0. The molecule has 0 saturated carbocycles. The van der Waals surface area contributed by atoms with Gasteiger partial charge in [0.1, 0.15) is 0 Å². The molecule has 156 valence electrons. The van der Waals surface area contributed by atoms with Gasteiger partial charge in [-0.2, -0.15) is 0 Å². The van der Waals surface area contributed by atoms with Crippen molar-refractivity contribution >= 4 is 10.8 Å². The summed E-state index contributed by atoms with van der Waals surface area (Å²) in [6.07, 6.45) is 0. The number of fused-ring (bicyclic) bond motifs is 1. The molecular weight excluding hydrogens is 384 g/mol. The van der Waals surface area contributed by atoms with E-state index in [1.165, 1.54) is 66.4 Å². The molecule has 0 spiro atoms. The SMILES string of the molecule is Cc1ccc(-c2ccccc2)c(-c2c(C)c(C)c(-c3ccccc3)c3ccccc23)c1C. The number of rotatable bonds is 3. The Kier molecular flexibility index (Phi) is 5.15. The maximum absolute atomic E-state index is 2.29. The minimum atomic E-state index is 1.26. The molecule has 0 fully saturated rings. The Bertz CT molecular complexity index is 1420. The molecular formula is C32H28. The lowest BCUT2D eigenvalue weighted by Gasteiger charge is -2.23. The Labute approximate surface area is 191 Å². The Balaban J connectivity index is 1.93. The average molecular weight is 413 g/mol. The van der Waals surface area contributed by atoms with E-state index in [-0.39, 0.29) is 0 Å². The number of aryl methyl sites for hydroxylation is 1. The van der Waals surface area contributed by atoms with Crippen LogP contribution in [0.25, 0.3) is 44.2 Å². The maximum atomic E-state index is 2.29. The first-order valence-electron chi connectivity index (χ1n) is 11.3. The summed E-state index contributed by atoms with van der Waals surface area (Å²) in [5, 5.41) is 2.64. The molecule has 0 heteroatoms. The van der Waals surface area contributed by atoms with E-state index in [0.717, 1.165) is 0 Å². The van der Waals surface area contributed by atoms with Crippen molar-refractivity contribution in [1.29, 1.82) is 0 Å². The quantitative estimate of drug-likeness (QED) is 0.277. The molecule has 0 nitrogen and oxygen atoms in total. The van der Waals surface area contributed by atoms with Crippen molar-refractivity contribution < 1.29 is 0 Å². The van der Waals surface area contributed by atoms with E-state index >= 15 is 0 Å². The van der Waals surface area contributed by atoms with Crippen LogP contribution >= 0.6 is 0 Å². The number of hydrogen-bond donors (Lipinski definition) is 0. The standard InChI is InChI=1S/C32H28/c1-21-19-20-27(25-13-7-5-8-14-25)31(22(21)2)32-24(4)23(3)30(26-15-9-6-10-16-26)28-17-11-12-18-29(28)32/h5-20H,1-4H3. The molecule has 0 heterocycles. The highest BCUT2D eigenvalue weighted by atomic mass is 14.2. The predicted molar refractivity (Wildman–Crippen MR) is 139 cm³/mol. The Hall–Kier alpha value is -3.64. The van der Waals surface area contributed by atoms with Crippen molar-refractivity contribution in [3.8, 4) is 33.4 Å². The predicted octanol–water partition coefficient (Wildman–Crippen LogP) is 9.07. The summed E-state index contributed by atoms with van der Waals surface area (Å²) in [4.78, 5) is 0. The fraction of sp³-hybridized carbons (Fsp3) is 0.125. The second-order valence-electron chi connectivity index (χ2n) is 8.71. The minimum absolute atomic E-state index is 1.26. The fourth-order valence-corrected chi connectivity index (χ4v) is 4.99. The van der Waals surface area contributed by atoms with Crippen molar-refractivity contribution in [2.75, 3.05) is 0 Å².